The van der Waals surface area contributed by atoms with Crippen molar-refractivity contribution in [1.29, 1.82) is 0 Å². The molecule has 0 amide bonds. The van der Waals surface area contributed by atoms with E-state index < -0.39 is 0 Å². The zero-order valence-electron chi connectivity index (χ0n) is 11.4. The molecular weight excluding hydrogens is 305 g/mol. The highest BCUT2D eigenvalue weighted by atomic mass is 35.5. The fraction of sp³-hybridized carbons (Fsp3) is 0.125. The second-order valence-corrected chi connectivity index (χ2v) is 5.56. The number of aromatic nitrogens is 2. The predicted octanol–water partition coefficient (Wildman–Crippen LogP) is 4.86. The fourth-order valence-corrected chi connectivity index (χ4v) is 2.83. The van der Waals surface area contributed by atoms with E-state index in [9.17, 15) is 0 Å². The van der Waals surface area contributed by atoms with E-state index in [2.05, 4.69) is 27.4 Å². The number of pyridine rings is 2. The first kappa shape index (κ1) is 14.1. The van der Waals surface area contributed by atoms with Gasteiger partial charge in [0.1, 0.15) is 5.15 Å². The first-order chi connectivity index (χ1) is 10.1. The van der Waals surface area contributed by atoms with Crippen LogP contribution in [0.1, 0.15) is 11.1 Å². The summed E-state index contributed by atoms with van der Waals surface area (Å²) < 4.78 is 0. The largest absolute Gasteiger partial charge is 0.378 e. The number of anilines is 1. The third-order valence-corrected chi connectivity index (χ3v) is 3.75. The molecule has 0 spiro atoms. The van der Waals surface area contributed by atoms with E-state index >= 15 is 0 Å². The summed E-state index contributed by atoms with van der Waals surface area (Å²) in [6, 6.07) is 12.0. The predicted molar refractivity (Wildman–Crippen MR) is 88.1 cm³/mol. The highest BCUT2D eigenvalue weighted by Crippen LogP contribution is 2.27. The minimum Gasteiger partial charge on any atom is -0.378 e. The molecular formula is C16H13Cl2N3. The Bertz CT molecular complexity index is 779. The summed E-state index contributed by atoms with van der Waals surface area (Å²) in [5.74, 6) is 0. The van der Waals surface area contributed by atoms with Gasteiger partial charge in [-0.15, -0.1) is 0 Å². The molecule has 3 aromatic rings. The second kappa shape index (κ2) is 5.88. The number of aryl methyl sites for hydroxylation is 1. The van der Waals surface area contributed by atoms with Crippen molar-refractivity contribution in [3.63, 3.8) is 0 Å². The molecule has 3 nitrogen and oxygen atoms in total. The maximum absolute atomic E-state index is 6.13. The Morgan fingerprint density at radius 1 is 1.14 bits per heavy atom. The van der Waals surface area contributed by atoms with Gasteiger partial charge in [0.25, 0.3) is 0 Å². The van der Waals surface area contributed by atoms with E-state index in [1.807, 2.05) is 25.1 Å². The molecule has 0 fully saturated rings. The van der Waals surface area contributed by atoms with Crippen LogP contribution in [0.5, 0.6) is 0 Å². The summed E-state index contributed by atoms with van der Waals surface area (Å²) in [6.45, 7) is 2.61. The molecule has 1 aromatic carbocycles. The molecule has 0 radical (unpaired) electrons. The number of rotatable bonds is 3. The quantitative estimate of drug-likeness (QED) is 0.701. The number of fused-ring (bicyclic) bond motifs is 1. The van der Waals surface area contributed by atoms with Crippen LogP contribution in [0.15, 0.2) is 42.6 Å². The summed E-state index contributed by atoms with van der Waals surface area (Å²) in [5.41, 5.74) is 3.93. The van der Waals surface area contributed by atoms with E-state index in [0.717, 1.165) is 27.7 Å². The average molecular weight is 318 g/mol. The molecule has 0 aliphatic rings. The summed E-state index contributed by atoms with van der Waals surface area (Å²) in [7, 11) is 0. The smallest absolute Gasteiger partial charge is 0.154 e. The van der Waals surface area contributed by atoms with Crippen molar-refractivity contribution in [2.45, 2.75) is 13.5 Å². The molecule has 106 valence electrons. The molecule has 21 heavy (non-hydrogen) atoms. The van der Waals surface area contributed by atoms with Crippen molar-refractivity contribution < 1.29 is 0 Å². The molecule has 0 atom stereocenters. The monoisotopic (exact) mass is 317 g/mol. The maximum Gasteiger partial charge on any atom is 0.154 e. The normalized spacial score (nSPS) is 10.8. The minimum atomic E-state index is 0.391. The van der Waals surface area contributed by atoms with Gasteiger partial charge in [0.2, 0.25) is 0 Å². The number of hydrogen-bond donors (Lipinski definition) is 1. The Balaban J connectivity index is 1.83. The Hall–Kier alpha value is -1.84. The maximum atomic E-state index is 6.13. The zero-order chi connectivity index (χ0) is 14.8. The number of nitrogens with one attached hydrogen (secondary N) is 1. The molecule has 0 saturated heterocycles. The SMILES string of the molecule is Cc1cc(Cl)nc(Cl)c1NCc1ccc2ncccc2c1. The van der Waals surface area contributed by atoms with Crippen LogP contribution in [-0.4, -0.2) is 9.97 Å². The van der Waals surface area contributed by atoms with Gasteiger partial charge in [0.15, 0.2) is 5.15 Å². The highest BCUT2D eigenvalue weighted by Gasteiger charge is 2.07. The summed E-state index contributed by atoms with van der Waals surface area (Å²) in [5, 5.41) is 5.23. The Morgan fingerprint density at radius 2 is 2.00 bits per heavy atom. The van der Waals surface area contributed by atoms with Gasteiger partial charge in [-0.05, 0) is 42.3 Å². The van der Waals surface area contributed by atoms with E-state index in [1.54, 1.807) is 12.3 Å². The van der Waals surface area contributed by atoms with Crippen LogP contribution in [0, 0.1) is 6.92 Å². The molecule has 0 aliphatic heterocycles. The Morgan fingerprint density at radius 3 is 2.81 bits per heavy atom. The second-order valence-electron chi connectivity index (χ2n) is 4.81. The number of benzene rings is 1. The molecule has 0 aliphatic carbocycles. The van der Waals surface area contributed by atoms with Crippen molar-refractivity contribution in [2.24, 2.45) is 0 Å². The first-order valence-corrected chi connectivity index (χ1v) is 7.29. The van der Waals surface area contributed by atoms with Crippen LogP contribution < -0.4 is 5.32 Å². The van der Waals surface area contributed by atoms with Crippen LogP contribution in [0.25, 0.3) is 10.9 Å². The Labute approximate surface area is 132 Å². The van der Waals surface area contributed by atoms with Gasteiger partial charge in [-0.3, -0.25) is 4.98 Å². The molecule has 1 N–H and O–H groups in total. The zero-order valence-corrected chi connectivity index (χ0v) is 12.9. The molecule has 2 heterocycles. The lowest BCUT2D eigenvalue weighted by Gasteiger charge is -2.11. The summed E-state index contributed by atoms with van der Waals surface area (Å²) in [6.07, 6.45) is 1.79. The van der Waals surface area contributed by atoms with Gasteiger partial charge >= 0.3 is 0 Å². The van der Waals surface area contributed by atoms with Crippen LogP contribution in [-0.2, 0) is 6.54 Å². The molecule has 2 aromatic heterocycles. The first-order valence-electron chi connectivity index (χ1n) is 6.53. The van der Waals surface area contributed by atoms with E-state index in [1.165, 1.54) is 0 Å². The number of nitrogens with zero attached hydrogens (tertiary/aromatic N) is 2. The van der Waals surface area contributed by atoms with Crippen LogP contribution in [0.2, 0.25) is 10.3 Å². The van der Waals surface area contributed by atoms with Crippen LogP contribution in [0.4, 0.5) is 5.69 Å². The van der Waals surface area contributed by atoms with E-state index in [4.69, 9.17) is 23.2 Å². The van der Waals surface area contributed by atoms with Crippen LogP contribution >= 0.6 is 23.2 Å². The van der Waals surface area contributed by atoms with Crippen LogP contribution in [0.3, 0.4) is 0 Å². The molecule has 5 heteroatoms. The standard InChI is InChI=1S/C16H13Cl2N3/c1-10-7-14(17)21-16(18)15(10)20-9-11-4-5-13-12(8-11)3-2-6-19-13/h2-8,20H,9H2,1H3. The van der Waals surface area contributed by atoms with Gasteiger partial charge in [-0.2, -0.15) is 0 Å². The molecule has 0 bridgehead atoms. The third-order valence-electron chi connectivity index (χ3n) is 3.28. The lowest BCUT2D eigenvalue weighted by atomic mass is 10.1. The Kier molecular flexibility index (Phi) is 3.95. The summed E-state index contributed by atoms with van der Waals surface area (Å²) in [4.78, 5) is 8.37. The van der Waals surface area contributed by atoms with E-state index in [0.29, 0.717) is 16.9 Å². The third kappa shape index (κ3) is 3.09. The molecule has 3 rings (SSSR count). The highest BCUT2D eigenvalue weighted by molar-refractivity contribution is 6.34. The van der Waals surface area contributed by atoms with Gasteiger partial charge < -0.3 is 5.32 Å². The summed E-state index contributed by atoms with van der Waals surface area (Å²) >= 11 is 12.0. The van der Waals surface area contributed by atoms with Gasteiger partial charge in [-0.25, -0.2) is 4.98 Å². The number of hydrogen-bond acceptors (Lipinski definition) is 3. The van der Waals surface area contributed by atoms with Gasteiger partial charge in [0, 0.05) is 18.1 Å². The van der Waals surface area contributed by atoms with Crippen molar-refractivity contribution in [1.82, 2.24) is 9.97 Å². The fourth-order valence-electron chi connectivity index (χ4n) is 2.23. The van der Waals surface area contributed by atoms with Crippen molar-refractivity contribution in [3.8, 4) is 0 Å². The minimum absolute atomic E-state index is 0.391. The van der Waals surface area contributed by atoms with Crippen molar-refractivity contribution in [3.05, 3.63) is 64.0 Å². The van der Waals surface area contributed by atoms with Crippen molar-refractivity contribution >= 4 is 39.8 Å². The van der Waals surface area contributed by atoms with Gasteiger partial charge in [0.05, 0.1) is 11.2 Å². The van der Waals surface area contributed by atoms with E-state index in [-0.39, 0.29) is 0 Å². The lowest BCUT2D eigenvalue weighted by Crippen LogP contribution is -2.03. The topological polar surface area (TPSA) is 37.8 Å². The molecule has 0 saturated carbocycles. The van der Waals surface area contributed by atoms with Gasteiger partial charge in [-0.1, -0.05) is 35.3 Å². The molecule has 0 unspecified atom stereocenters. The van der Waals surface area contributed by atoms with Crippen molar-refractivity contribution in [2.75, 3.05) is 5.32 Å². The lowest BCUT2D eigenvalue weighted by molar-refractivity contribution is 1.13. The number of halogens is 2. The average Bonchev–Trinajstić information content (AvgIpc) is 2.46.